The number of hydrogen-bond acceptors (Lipinski definition) is 6. The van der Waals surface area contributed by atoms with Crippen molar-refractivity contribution in [3.05, 3.63) is 18.1 Å². The van der Waals surface area contributed by atoms with Crippen LogP contribution in [0.1, 0.15) is 25.5 Å². The van der Waals surface area contributed by atoms with Crippen molar-refractivity contribution in [2.45, 2.75) is 25.4 Å². The molecule has 1 aliphatic rings. The first kappa shape index (κ1) is 13.5. The van der Waals surface area contributed by atoms with Crippen molar-refractivity contribution in [2.75, 3.05) is 25.1 Å². The van der Waals surface area contributed by atoms with Gasteiger partial charge < -0.3 is 20.6 Å². The number of rotatable bonds is 3. The molecule has 1 unspecified atom stereocenters. The van der Waals surface area contributed by atoms with E-state index in [9.17, 15) is 0 Å². The molecule has 0 aliphatic carbocycles. The summed E-state index contributed by atoms with van der Waals surface area (Å²) in [5, 5.41) is 11.5. The molecule has 1 saturated heterocycles. The number of methoxy groups -OCH3 is 1. The largest absolute Gasteiger partial charge is 0.409 e. The van der Waals surface area contributed by atoms with Crippen LogP contribution in [0, 0.1) is 0 Å². The lowest BCUT2D eigenvalue weighted by Crippen LogP contribution is -2.47. The van der Waals surface area contributed by atoms with Gasteiger partial charge >= 0.3 is 0 Å². The van der Waals surface area contributed by atoms with Crippen LogP contribution in [0.5, 0.6) is 0 Å². The molecule has 0 amide bonds. The van der Waals surface area contributed by atoms with Crippen LogP contribution in [0.25, 0.3) is 0 Å². The van der Waals surface area contributed by atoms with Gasteiger partial charge in [-0.1, -0.05) is 5.16 Å². The molecular weight excluding hydrogens is 246 g/mol. The van der Waals surface area contributed by atoms with Crippen molar-refractivity contribution >= 4 is 11.7 Å². The SMILES string of the molecule is COC1(C)CCCN(c2cnc(C(N)=NO)cn2)C1. The predicted molar refractivity (Wildman–Crippen MR) is 71.4 cm³/mol. The fourth-order valence-electron chi connectivity index (χ4n) is 2.24. The highest BCUT2D eigenvalue weighted by atomic mass is 16.5. The first-order chi connectivity index (χ1) is 9.08. The second-order valence-electron chi connectivity index (χ2n) is 4.92. The summed E-state index contributed by atoms with van der Waals surface area (Å²) in [7, 11) is 1.73. The average molecular weight is 265 g/mol. The van der Waals surface area contributed by atoms with Gasteiger partial charge in [-0.05, 0) is 19.8 Å². The number of nitrogens with zero attached hydrogens (tertiary/aromatic N) is 4. The minimum Gasteiger partial charge on any atom is -0.409 e. The lowest BCUT2D eigenvalue weighted by atomic mass is 9.95. The molecule has 1 aromatic rings. The van der Waals surface area contributed by atoms with E-state index in [1.165, 1.54) is 6.20 Å². The quantitative estimate of drug-likeness (QED) is 0.359. The maximum atomic E-state index is 8.57. The van der Waals surface area contributed by atoms with E-state index in [-0.39, 0.29) is 11.4 Å². The molecule has 0 bridgehead atoms. The van der Waals surface area contributed by atoms with Crippen LogP contribution in [0.4, 0.5) is 5.82 Å². The molecule has 0 saturated carbocycles. The Morgan fingerprint density at radius 3 is 2.89 bits per heavy atom. The summed E-state index contributed by atoms with van der Waals surface area (Å²) in [5.74, 6) is 0.733. The minimum atomic E-state index is -0.149. The number of piperidine rings is 1. The standard InChI is InChI=1S/C12H19N5O2/c1-12(19-2)4-3-5-17(8-12)10-7-14-9(6-15-10)11(13)16-18/h6-7,18H,3-5,8H2,1-2H3,(H2,13,16). The fourth-order valence-corrected chi connectivity index (χ4v) is 2.24. The van der Waals surface area contributed by atoms with Crippen LogP contribution in [0.3, 0.4) is 0 Å². The lowest BCUT2D eigenvalue weighted by Gasteiger charge is -2.39. The Hall–Kier alpha value is -1.89. The third-order valence-corrected chi connectivity index (χ3v) is 3.48. The predicted octanol–water partition coefficient (Wildman–Crippen LogP) is 0.576. The number of ether oxygens (including phenoxy) is 1. The molecule has 19 heavy (non-hydrogen) atoms. The summed E-state index contributed by atoms with van der Waals surface area (Å²) in [6.07, 6.45) is 5.22. The molecule has 0 radical (unpaired) electrons. The van der Waals surface area contributed by atoms with E-state index in [4.69, 9.17) is 15.7 Å². The highest BCUT2D eigenvalue weighted by Crippen LogP contribution is 2.26. The molecule has 1 aromatic heterocycles. The Labute approximate surface area is 112 Å². The third-order valence-electron chi connectivity index (χ3n) is 3.48. The van der Waals surface area contributed by atoms with Gasteiger partial charge in [0.1, 0.15) is 11.5 Å². The van der Waals surface area contributed by atoms with Gasteiger partial charge in [-0.3, -0.25) is 0 Å². The smallest absolute Gasteiger partial charge is 0.190 e. The molecule has 7 heteroatoms. The van der Waals surface area contributed by atoms with Crippen molar-refractivity contribution in [1.29, 1.82) is 0 Å². The molecule has 2 rings (SSSR count). The molecule has 7 nitrogen and oxygen atoms in total. The molecule has 0 spiro atoms. The van der Waals surface area contributed by atoms with Gasteiger partial charge in [-0.25, -0.2) is 9.97 Å². The zero-order valence-electron chi connectivity index (χ0n) is 11.2. The summed E-state index contributed by atoms with van der Waals surface area (Å²) in [6.45, 7) is 3.80. The summed E-state index contributed by atoms with van der Waals surface area (Å²) in [6, 6.07) is 0. The number of nitrogens with two attached hydrogens (primary N) is 1. The summed E-state index contributed by atoms with van der Waals surface area (Å²) >= 11 is 0. The Morgan fingerprint density at radius 1 is 1.53 bits per heavy atom. The Balaban J connectivity index is 2.14. The lowest BCUT2D eigenvalue weighted by molar-refractivity contribution is -0.00482. The van der Waals surface area contributed by atoms with Crippen molar-refractivity contribution in [1.82, 2.24) is 9.97 Å². The number of oxime groups is 1. The maximum Gasteiger partial charge on any atom is 0.190 e. The van der Waals surface area contributed by atoms with Crippen LogP contribution < -0.4 is 10.6 Å². The highest BCUT2D eigenvalue weighted by molar-refractivity contribution is 5.94. The van der Waals surface area contributed by atoms with Gasteiger partial charge in [0, 0.05) is 20.2 Å². The molecule has 104 valence electrons. The zero-order chi connectivity index (χ0) is 13.9. The highest BCUT2D eigenvalue weighted by Gasteiger charge is 2.31. The van der Waals surface area contributed by atoms with Crippen molar-refractivity contribution in [2.24, 2.45) is 10.9 Å². The maximum absolute atomic E-state index is 8.57. The van der Waals surface area contributed by atoms with Crippen molar-refractivity contribution in [3.8, 4) is 0 Å². The van der Waals surface area contributed by atoms with E-state index < -0.39 is 0 Å². The minimum absolute atomic E-state index is 0.0422. The van der Waals surface area contributed by atoms with E-state index in [1.54, 1.807) is 13.3 Å². The van der Waals surface area contributed by atoms with Crippen LogP contribution in [0.15, 0.2) is 17.5 Å². The summed E-state index contributed by atoms with van der Waals surface area (Å²) in [4.78, 5) is 10.6. The van der Waals surface area contributed by atoms with Gasteiger partial charge in [0.05, 0.1) is 18.0 Å². The number of amidine groups is 1. The van der Waals surface area contributed by atoms with Crippen LogP contribution in [0.2, 0.25) is 0 Å². The molecule has 1 atom stereocenters. The van der Waals surface area contributed by atoms with Gasteiger partial charge in [-0.15, -0.1) is 0 Å². The molecule has 2 heterocycles. The van der Waals surface area contributed by atoms with E-state index in [1.807, 2.05) is 0 Å². The monoisotopic (exact) mass is 265 g/mol. The van der Waals surface area contributed by atoms with E-state index in [0.29, 0.717) is 5.69 Å². The van der Waals surface area contributed by atoms with Gasteiger partial charge in [0.25, 0.3) is 0 Å². The fraction of sp³-hybridized carbons (Fsp3) is 0.583. The number of anilines is 1. The Kier molecular flexibility index (Phi) is 3.84. The van der Waals surface area contributed by atoms with Gasteiger partial charge in [-0.2, -0.15) is 0 Å². The molecule has 3 N–H and O–H groups in total. The van der Waals surface area contributed by atoms with Crippen LogP contribution in [-0.2, 0) is 4.74 Å². The topological polar surface area (TPSA) is 96.9 Å². The average Bonchev–Trinajstić information content (AvgIpc) is 2.46. The molecular formula is C12H19N5O2. The number of aromatic nitrogens is 2. The van der Waals surface area contributed by atoms with Gasteiger partial charge in [0.15, 0.2) is 5.84 Å². The van der Waals surface area contributed by atoms with E-state index in [0.717, 1.165) is 31.7 Å². The normalized spacial score (nSPS) is 24.5. The number of hydrogen-bond donors (Lipinski definition) is 2. The molecule has 1 aliphatic heterocycles. The van der Waals surface area contributed by atoms with E-state index in [2.05, 4.69) is 26.9 Å². The second-order valence-corrected chi connectivity index (χ2v) is 4.92. The Bertz CT molecular complexity index is 462. The van der Waals surface area contributed by atoms with Crippen molar-refractivity contribution in [3.63, 3.8) is 0 Å². The zero-order valence-corrected chi connectivity index (χ0v) is 11.2. The Morgan fingerprint density at radius 2 is 2.32 bits per heavy atom. The summed E-state index contributed by atoms with van der Waals surface area (Å²) in [5.41, 5.74) is 5.66. The molecule has 0 aromatic carbocycles. The van der Waals surface area contributed by atoms with E-state index >= 15 is 0 Å². The first-order valence-corrected chi connectivity index (χ1v) is 6.18. The summed E-state index contributed by atoms with van der Waals surface area (Å²) < 4.78 is 5.55. The first-order valence-electron chi connectivity index (χ1n) is 6.18. The third kappa shape index (κ3) is 2.93. The van der Waals surface area contributed by atoms with Crippen LogP contribution >= 0.6 is 0 Å². The molecule has 1 fully saturated rings. The van der Waals surface area contributed by atoms with Gasteiger partial charge in [0.2, 0.25) is 0 Å². The second kappa shape index (κ2) is 5.40. The van der Waals surface area contributed by atoms with Crippen molar-refractivity contribution < 1.29 is 9.94 Å². The van der Waals surface area contributed by atoms with Crippen LogP contribution in [-0.4, -0.2) is 46.8 Å².